The molecule has 1 aromatic carbocycles. The van der Waals surface area contributed by atoms with Crippen LogP contribution in [0.3, 0.4) is 0 Å². The normalized spacial score (nSPS) is 23.0. The zero-order valence-electron chi connectivity index (χ0n) is 14.8. The van der Waals surface area contributed by atoms with Gasteiger partial charge in [0.1, 0.15) is 5.60 Å². The number of hydrogen-bond acceptors (Lipinski definition) is 6. The quantitative estimate of drug-likeness (QED) is 0.596. The van der Waals surface area contributed by atoms with Crippen LogP contribution in [-0.2, 0) is 17.0 Å². The molecule has 2 aliphatic heterocycles. The largest absolute Gasteiger partial charge is 0.439 e. The molecule has 1 amide bonds. The van der Waals surface area contributed by atoms with E-state index < -0.39 is 0 Å². The Morgan fingerprint density at radius 2 is 1.92 bits per heavy atom. The van der Waals surface area contributed by atoms with E-state index in [4.69, 9.17) is 4.74 Å². The molecule has 2 fully saturated rings. The van der Waals surface area contributed by atoms with Gasteiger partial charge in [0.25, 0.3) is 0 Å². The van der Waals surface area contributed by atoms with E-state index >= 15 is 0 Å². The summed E-state index contributed by atoms with van der Waals surface area (Å²) in [6.45, 7) is 3.15. The fourth-order valence-electron chi connectivity index (χ4n) is 3.55. The number of benzene rings is 1. The van der Waals surface area contributed by atoms with E-state index in [0.29, 0.717) is 6.54 Å². The lowest BCUT2D eigenvalue weighted by Gasteiger charge is -2.21. The van der Waals surface area contributed by atoms with Gasteiger partial charge in [0.2, 0.25) is 0 Å². The Kier molecular flexibility index (Phi) is 4.82. The smallest absolute Gasteiger partial charge is 0.410 e. The van der Waals surface area contributed by atoms with Crippen LogP contribution < -0.4 is 0 Å². The minimum atomic E-state index is -0.335. The molecule has 136 valence electrons. The van der Waals surface area contributed by atoms with Crippen LogP contribution in [-0.4, -0.2) is 58.1 Å². The fourth-order valence-corrected chi connectivity index (χ4v) is 4.29. The van der Waals surface area contributed by atoms with Crippen molar-refractivity contribution in [3.63, 3.8) is 0 Å². The molecule has 0 N–H and O–H groups in total. The molecule has 2 aliphatic rings. The Bertz CT molecular complexity index is 771. The van der Waals surface area contributed by atoms with Crippen LogP contribution in [0.4, 0.5) is 4.79 Å². The average molecular weight is 370 g/mol. The van der Waals surface area contributed by atoms with Crippen molar-refractivity contribution in [2.24, 2.45) is 0 Å². The number of thioether (sulfide) groups is 1. The number of likely N-dealkylation sites (tertiary alicyclic amines) is 1. The number of rotatable bonds is 5. The zero-order valence-corrected chi connectivity index (χ0v) is 15.6. The Morgan fingerprint density at radius 3 is 2.62 bits per heavy atom. The lowest BCUT2D eigenvalue weighted by Crippen LogP contribution is -2.37. The van der Waals surface area contributed by atoms with E-state index in [2.05, 4.69) is 27.0 Å². The molecule has 3 heterocycles. The second-order valence-corrected chi connectivity index (χ2v) is 7.96. The first-order chi connectivity index (χ1) is 12.6. The first-order valence-corrected chi connectivity index (χ1v) is 9.75. The number of likely N-dealkylation sites (N-methyl/N-ethyl adjacent to an activating group) is 1. The summed E-state index contributed by atoms with van der Waals surface area (Å²) >= 11 is 1.64. The van der Waals surface area contributed by atoms with Crippen molar-refractivity contribution in [1.29, 1.82) is 0 Å². The van der Waals surface area contributed by atoms with Crippen molar-refractivity contribution >= 4 is 17.9 Å². The maximum atomic E-state index is 11.7. The summed E-state index contributed by atoms with van der Waals surface area (Å²) < 4.78 is 5.59. The molecule has 2 aromatic rings. The van der Waals surface area contributed by atoms with Crippen LogP contribution in [0.1, 0.15) is 17.5 Å². The number of amides is 1. The van der Waals surface area contributed by atoms with Crippen molar-refractivity contribution in [3.05, 3.63) is 53.9 Å². The van der Waals surface area contributed by atoms with Gasteiger partial charge < -0.3 is 9.64 Å². The second kappa shape index (κ2) is 7.25. The number of ether oxygens (including phenoxy) is 1. The molecule has 0 radical (unpaired) electrons. The van der Waals surface area contributed by atoms with Crippen molar-refractivity contribution in [3.8, 4) is 0 Å². The van der Waals surface area contributed by atoms with E-state index in [-0.39, 0.29) is 11.7 Å². The number of aromatic nitrogens is 2. The summed E-state index contributed by atoms with van der Waals surface area (Å²) in [5.41, 5.74) is 2.02. The molecule has 1 aromatic heterocycles. The summed E-state index contributed by atoms with van der Waals surface area (Å²) in [6.07, 6.45) is 4.47. The Hall–Kier alpha value is -2.12. The number of nitrogens with zero attached hydrogens (tertiary/aromatic N) is 4. The summed E-state index contributed by atoms with van der Waals surface area (Å²) in [5.74, 6) is 0.869. The van der Waals surface area contributed by atoms with Crippen molar-refractivity contribution in [2.75, 3.05) is 26.7 Å². The minimum Gasteiger partial charge on any atom is -0.439 e. The van der Waals surface area contributed by atoms with Gasteiger partial charge in [-0.25, -0.2) is 14.8 Å². The van der Waals surface area contributed by atoms with Gasteiger partial charge in [-0.3, -0.25) is 4.90 Å². The molecule has 0 bridgehead atoms. The third-order valence-electron chi connectivity index (χ3n) is 4.83. The standard InChI is InChI=1S/C19H22N4O2S/c1-22-13-19(25-18(22)24)7-8-23(14-19)11-16-9-20-17(21-10-16)26-12-15-5-3-2-4-6-15/h2-6,9-10H,7-8,11-14H2,1H3. The van der Waals surface area contributed by atoms with Gasteiger partial charge >= 0.3 is 6.09 Å². The topological polar surface area (TPSA) is 58.6 Å². The van der Waals surface area contributed by atoms with Crippen LogP contribution >= 0.6 is 11.8 Å². The first kappa shape index (κ1) is 17.3. The van der Waals surface area contributed by atoms with E-state index in [9.17, 15) is 4.79 Å². The van der Waals surface area contributed by atoms with E-state index in [1.54, 1.807) is 23.7 Å². The van der Waals surface area contributed by atoms with Gasteiger partial charge in [-0.2, -0.15) is 0 Å². The van der Waals surface area contributed by atoms with Gasteiger partial charge in [-0.05, 0) is 5.56 Å². The van der Waals surface area contributed by atoms with Crippen LogP contribution in [0, 0.1) is 0 Å². The first-order valence-electron chi connectivity index (χ1n) is 8.76. The maximum Gasteiger partial charge on any atom is 0.410 e. The SMILES string of the molecule is CN1CC2(CCN(Cc3cnc(SCc4ccccc4)nc3)C2)OC1=O. The van der Waals surface area contributed by atoms with Crippen molar-refractivity contribution < 1.29 is 9.53 Å². The summed E-state index contributed by atoms with van der Waals surface area (Å²) in [5, 5.41) is 0.793. The van der Waals surface area contributed by atoms with E-state index in [1.807, 2.05) is 30.6 Å². The van der Waals surface area contributed by atoms with Crippen molar-refractivity contribution in [1.82, 2.24) is 19.8 Å². The predicted molar refractivity (Wildman–Crippen MR) is 99.8 cm³/mol. The van der Waals surface area contributed by atoms with E-state index in [1.165, 1.54) is 5.56 Å². The summed E-state index contributed by atoms with van der Waals surface area (Å²) in [4.78, 5) is 24.6. The molecular formula is C19H22N4O2S. The highest BCUT2D eigenvalue weighted by Crippen LogP contribution is 2.32. The predicted octanol–water partition coefficient (Wildman–Crippen LogP) is 2.80. The minimum absolute atomic E-state index is 0.213. The van der Waals surface area contributed by atoms with Gasteiger partial charge in [0.15, 0.2) is 5.16 Å². The van der Waals surface area contributed by atoms with Crippen LogP contribution in [0.2, 0.25) is 0 Å². The number of carbonyl (C=O) groups excluding carboxylic acids is 1. The molecule has 6 nitrogen and oxygen atoms in total. The summed E-state index contributed by atoms with van der Waals surface area (Å²) in [6, 6.07) is 10.3. The van der Waals surface area contributed by atoms with Gasteiger partial charge in [0, 0.05) is 56.8 Å². The van der Waals surface area contributed by atoms with Gasteiger partial charge in [-0.1, -0.05) is 42.1 Å². The molecular weight excluding hydrogens is 348 g/mol. The Labute approximate surface area is 157 Å². The molecule has 2 saturated heterocycles. The molecule has 0 aliphatic carbocycles. The lowest BCUT2D eigenvalue weighted by molar-refractivity contribution is 0.0627. The molecule has 4 rings (SSSR count). The molecule has 1 unspecified atom stereocenters. The highest BCUT2D eigenvalue weighted by Gasteiger charge is 2.48. The molecule has 1 spiro atoms. The third-order valence-corrected chi connectivity index (χ3v) is 5.78. The molecule has 26 heavy (non-hydrogen) atoms. The number of carbonyl (C=O) groups is 1. The van der Waals surface area contributed by atoms with Crippen LogP contribution in [0.15, 0.2) is 47.9 Å². The van der Waals surface area contributed by atoms with Crippen LogP contribution in [0.25, 0.3) is 0 Å². The highest BCUT2D eigenvalue weighted by atomic mass is 32.2. The monoisotopic (exact) mass is 370 g/mol. The second-order valence-electron chi connectivity index (χ2n) is 7.02. The fraction of sp³-hybridized carbons (Fsp3) is 0.421. The van der Waals surface area contributed by atoms with Gasteiger partial charge in [-0.15, -0.1) is 0 Å². The Morgan fingerprint density at radius 1 is 1.15 bits per heavy atom. The van der Waals surface area contributed by atoms with Crippen LogP contribution in [0.5, 0.6) is 0 Å². The highest BCUT2D eigenvalue weighted by molar-refractivity contribution is 7.98. The third kappa shape index (κ3) is 3.83. The Balaban J connectivity index is 1.30. The average Bonchev–Trinajstić information content (AvgIpc) is 3.16. The van der Waals surface area contributed by atoms with Gasteiger partial charge in [0.05, 0.1) is 6.54 Å². The molecule has 0 saturated carbocycles. The van der Waals surface area contributed by atoms with Crippen molar-refractivity contribution in [2.45, 2.75) is 29.5 Å². The zero-order chi connectivity index (χ0) is 18.0. The number of hydrogen-bond donors (Lipinski definition) is 0. The maximum absolute atomic E-state index is 11.7. The molecule has 7 heteroatoms. The lowest BCUT2D eigenvalue weighted by atomic mass is 10.0. The van der Waals surface area contributed by atoms with E-state index in [0.717, 1.165) is 42.5 Å². The molecule has 1 atom stereocenters. The summed E-state index contributed by atoms with van der Waals surface area (Å²) in [7, 11) is 1.79.